The quantitative estimate of drug-likeness (QED) is 0.695. The highest BCUT2D eigenvalue weighted by atomic mass is 19.4. The number of rotatable bonds is 3. The van der Waals surface area contributed by atoms with Crippen molar-refractivity contribution in [3.8, 4) is 0 Å². The molecule has 1 aromatic rings. The van der Waals surface area contributed by atoms with Crippen molar-refractivity contribution in [3.05, 3.63) is 47.0 Å². The molecule has 31 heavy (non-hydrogen) atoms. The SMILES string of the molecule is CCC.O=C([C@H]1C=CC(NC2CCOCC2)C1)N1CCc2ccc(C(F)(F)F)cc2C1. The van der Waals surface area contributed by atoms with E-state index >= 15 is 0 Å². The number of hydrogen-bond donors (Lipinski definition) is 1. The van der Waals surface area contributed by atoms with Gasteiger partial charge in [0.1, 0.15) is 0 Å². The normalized spacial score (nSPS) is 23.8. The van der Waals surface area contributed by atoms with Gasteiger partial charge in [-0.25, -0.2) is 0 Å². The van der Waals surface area contributed by atoms with E-state index in [4.69, 9.17) is 4.74 Å². The van der Waals surface area contributed by atoms with E-state index in [1.165, 1.54) is 12.5 Å². The lowest BCUT2D eigenvalue weighted by Gasteiger charge is -2.31. The van der Waals surface area contributed by atoms with Crippen LogP contribution in [0.2, 0.25) is 0 Å². The molecule has 0 saturated carbocycles. The van der Waals surface area contributed by atoms with Gasteiger partial charge in [-0.3, -0.25) is 4.79 Å². The van der Waals surface area contributed by atoms with Gasteiger partial charge >= 0.3 is 6.18 Å². The van der Waals surface area contributed by atoms with Crippen LogP contribution in [-0.2, 0) is 28.7 Å². The van der Waals surface area contributed by atoms with Gasteiger partial charge in [0.05, 0.1) is 11.5 Å². The molecule has 0 aromatic heterocycles. The minimum atomic E-state index is -4.36. The molecular weight excluding hydrogens is 405 g/mol. The highest BCUT2D eigenvalue weighted by molar-refractivity contribution is 5.81. The zero-order valence-corrected chi connectivity index (χ0v) is 18.4. The van der Waals surface area contributed by atoms with E-state index in [2.05, 4.69) is 25.2 Å². The zero-order chi connectivity index (χ0) is 22.4. The third-order valence-corrected chi connectivity index (χ3v) is 5.93. The van der Waals surface area contributed by atoms with Crippen molar-refractivity contribution in [3.63, 3.8) is 0 Å². The summed E-state index contributed by atoms with van der Waals surface area (Å²) < 4.78 is 44.3. The number of alkyl halides is 3. The van der Waals surface area contributed by atoms with E-state index in [1.807, 2.05) is 6.08 Å². The first kappa shape index (κ1) is 23.8. The minimum Gasteiger partial charge on any atom is -0.381 e. The van der Waals surface area contributed by atoms with Gasteiger partial charge in [-0.15, -0.1) is 0 Å². The van der Waals surface area contributed by atoms with E-state index in [1.54, 1.807) is 11.0 Å². The average Bonchev–Trinajstić information content (AvgIpc) is 3.21. The van der Waals surface area contributed by atoms with Gasteiger partial charge in [-0.05, 0) is 48.9 Å². The van der Waals surface area contributed by atoms with Crippen LogP contribution in [0.1, 0.15) is 56.2 Å². The third-order valence-electron chi connectivity index (χ3n) is 5.93. The summed E-state index contributed by atoms with van der Waals surface area (Å²) in [5, 5.41) is 3.58. The Kier molecular flexibility index (Phi) is 8.17. The zero-order valence-electron chi connectivity index (χ0n) is 18.4. The number of halogens is 3. The molecule has 172 valence electrons. The Hall–Kier alpha value is -1.86. The molecule has 0 radical (unpaired) electrons. The lowest BCUT2D eigenvalue weighted by molar-refractivity contribution is -0.137. The summed E-state index contributed by atoms with van der Waals surface area (Å²) in [6.07, 6.45) is 4.15. The summed E-state index contributed by atoms with van der Waals surface area (Å²) in [4.78, 5) is 14.6. The molecule has 0 bridgehead atoms. The smallest absolute Gasteiger partial charge is 0.381 e. The van der Waals surface area contributed by atoms with Crippen LogP contribution in [0.15, 0.2) is 30.4 Å². The summed E-state index contributed by atoms with van der Waals surface area (Å²) in [5.74, 6) is -0.194. The lowest BCUT2D eigenvalue weighted by Crippen LogP contribution is -2.42. The molecule has 1 aliphatic carbocycles. The van der Waals surface area contributed by atoms with Gasteiger partial charge in [0.15, 0.2) is 0 Å². The molecule has 0 spiro atoms. The first-order chi connectivity index (χ1) is 14.8. The number of nitrogens with one attached hydrogen (secondary N) is 1. The molecule has 1 saturated heterocycles. The second kappa shape index (κ2) is 10.6. The van der Waals surface area contributed by atoms with Crippen LogP contribution in [-0.4, -0.2) is 42.6 Å². The Bertz CT molecular complexity index is 773. The van der Waals surface area contributed by atoms with Crippen LogP contribution in [0.5, 0.6) is 0 Å². The van der Waals surface area contributed by atoms with Crippen LogP contribution >= 0.6 is 0 Å². The number of hydrogen-bond acceptors (Lipinski definition) is 3. The predicted octanol–water partition coefficient (Wildman–Crippen LogP) is 4.72. The Labute approximate surface area is 182 Å². The van der Waals surface area contributed by atoms with Crippen molar-refractivity contribution in [1.82, 2.24) is 10.2 Å². The van der Waals surface area contributed by atoms with Crippen molar-refractivity contribution < 1.29 is 22.7 Å². The molecule has 2 aliphatic heterocycles. The fraction of sp³-hybridized carbons (Fsp3) is 0.625. The van der Waals surface area contributed by atoms with Crippen LogP contribution in [0.4, 0.5) is 13.2 Å². The van der Waals surface area contributed by atoms with E-state index in [0.29, 0.717) is 31.0 Å². The highest BCUT2D eigenvalue weighted by Crippen LogP contribution is 2.33. The maximum atomic E-state index is 13.0. The minimum absolute atomic E-state index is 0.00980. The maximum absolute atomic E-state index is 13.0. The molecule has 1 fully saturated rings. The number of ether oxygens (including phenoxy) is 1. The standard InChI is InChI=1S/C21H25F3N2O2.C3H8/c22-21(23,24)17-3-1-14-5-8-26(13-16(14)11-17)20(27)15-2-4-19(12-15)25-18-6-9-28-10-7-18;1-3-2/h1-4,11,15,18-19,25H,5-10,12-13H2;3H2,1-2H3/t15-,19?;/m0./s1. The van der Waals surface area contributed by atoms with Crippen LogP contribution in [0.25, 0.3) is 0 Å². The van der Waals surface area contributed by atoms with Crippen LogP contribution in [0.3, 0.4) is 0 Å². The largest absolute Gasteiger partial charge is 0.416 e. The number of amides is 1. The summed E-state index contributed by atoms with van der Waals surface area (Å²) in [6, 6.07) is 4.45. The summed E-state index contributed by atoms with van der Waals surface area (Å²) in [5.41, 5.74) is 0.855. The van der Waals surface area contributed by atoms with Crippen molar-refractivity contribution in [2.75, 3.05) is 19.8 Å². The van der Waals surface area contributed by atoms with Crippen molar-refractivity contribution in [2.24, 2.45) is 5.92 Å². The number of carbonyl (C=O) groups excluding carboxylic acids is 1. The molecule has 1 unspecified atom stereocenters. The van der Waals surface area contributed by atoms with Gasteiger partial charge in [0.2, 0.25) is 5.91 Å². The summed E-state index contributed by atoms with van der Waals surface area (Å²) in [6.45, 7) is 6.59. The molecule has 3 aliphatic rings. The molecule has 1 aromatic carbocycles. The molecule has 1 N–H and O–H groups in total. The number of carbonyl (C=O) groups is 1. The van der Waals surface area contributed by atoms with E-state index in [9.17, 15) is 18.0 Å². The second-order valence-corrected chi connectivity index (χ2v) is 8.59. The van der Waals surface area contributed by atoms with Gasteiger partial charge in [-0.1, -0.05) is 38.5 Å². The van der Waals surface area contributed by atoms with E-state index in [-0.39, 0.29) is 24.4 Å². The number of benzene rings is 1. The summed E-state index contributed by atoms with van der Waals surface area (Å²) >= 11 is 0. The second-order valence-electron chi connectivity index (χ2n) is 8.59. The Morgan fingerprint density at radius 3 is 2.55 bits per heavy atom. The molecule has 2 atom stereocenters. The van der Waals surface area contributed by atoms with Crippen molar-refractivity contribution in [1.29, 1.82) is 0 Å². The maximum Gasteiger partial charge on any atom is 0.416 e. The van der Waals surface area contributed by atoms with Crippen molar-refractivity contribution >= 4 is 5.91 Å². The van der Waals surface area contributed by atoms with Crippen molar-refractivity contribution in [2.45, 2.75) is 70.8 Å². The average molecular weight is 439 g/mol. The Morgan fingerprint density at radius 1 is 1.16 bits per heavy atom. The molecule has 7 heteroatoms. The van der Waals surface area contributed by atoms with Gasteiger partial charge in [0, 0.05) is 38.4 Å². The van der Waals surface area contributed by atoms with Crippen LogP contribution < -0.4 is 5.32 Å². The number of fused-ring (bicyclic) bond motifs is 1. The molecule has 2 heterocycles. The van der Waals surface area contributed by atoms with E-state index in [0.717, 1.165) is 37.7 Å². The number of nitrogens with zero attached hydrogens (tertiary/aromatic N) is 1. The molecular formula is C24H33F3N2O2. The first-order valence-corrected chi connectivity index (χ1v) is 11.3. The first-order valence-electron chi connectivity index (χ1n) is 11.3. The lowest BCUT2D eigenvalue weighted by atomic mass is 9.95. The highest BCUT2D eigenvalue weighted by Gasteiger charge is 2.34. The van der Waals surface area contributed by atoms with Gasteiger partial charge in [-0.2, -0.15) is 13.2 Å². The Balaban J connectivity index is 0.000000858. The summed E-state index contributed by atoms with van der Waals surface area (Å²) in [7, 11) is 0. The third kappa shape index (κ3) is 6.32. The topological polar surface area (TPSA) is 41.6 Å². The fourth-order valence-electron chi connectivity index (χ4n) is 4.33. The monoisotopic (exact) mass is 438 g/mol. The molecule has 1 amide bonds. The Morgan fingerprint density at radius 2 is 1.87 bits per heavy atom. The van der Waals surface area contributed by atoms with Crippen LogP contribution in [0, 0.1) is 5.92 Å². The van der Waals surface area contributed by atoms with Gasteiger partial charge in [0.25, 0.3) is 0 Å². The fourth-order valence-corrected chi connectivity index (χ4v) is 4.33. The van der Waals surface area contributed by atoms with E-state index < -0.39 is 11.7 Å². The molecule has 4 rings (SSSR count). The van der Waals surface area contributed by atoms with Gasteiger partial charge < -0.3 is 15.0 Å². The predicted molar refractivity (Wildman–Crippen MR) is 115 cm³/mol. The molecule has 4 nitrogen and oxygen atoms in total.